The molecule has 5 amide bonds. The first-order valence-corrected chi connectivity index (χ1v) is 13.1. The summed E-state index contributed by atoms with van der Waals surface area (Å²) >= 11 is 0. The van der Waals surface area contributed by atoms with E-state index >= 15 is 0 Å². The predicted molar refractivity (Wildman–Crippen MR) is 135 cm³/mol. The van der Waals surface area contributed by atoms with E-state index in [0.717, 1.165) is 12.6 Å². The number of carbonyl (C=O) groups excluding carboxylic acids is 7. The fourth-order valence-corrected chi connectivity index (χ4v) is 5.09. The summed E-state index contributed by atoms with van der Waals surface area (Å²) in [6.45, 7) is 2.36. The first kappa shape index (κ1) is 29.1. The van der Waals surface area contributed by atoms with Gasteiger partial charge in [0.2, 0.25) is 36.8 Å². The lowest BCUT2D eigenvalue weighted by Gasteiger charge is -2.19. The van der Waals surface area contributed by atoms with Crippen LogP contribution >= 0.6 is 0 Å². The molecular formula is C24H36BN5O8. The molecule has 3 atom stereocenters. The SMILES string of the molecule is COC(=O)C1CC(=O)N(CCNC(=O)C2CC(=O)N(CCNC(=O)C3CC(=O)N(CCCBC=O)C3)C2)C1. The van der Waals surface area contributed by atoms with E-state index in [0.29, 0.717) is 26.7 Å². The number of amides is 5. The van der Waals surface area contributed by atoms with E-state index in [-0.39, 0.29) is 88.1 Å². The Morgan fingerprint density at radius 1 is 0.816 bits per heavy atom. The zero-order valence-electron chi connectivity index (χ0n) is 21.8. The summed E-state index contributed by atoms with van der Waals surface area (Å²) in [6, 6.07) is 0. The van der Waals surface area contributed by atoms with E-state index in [4.69, 9.17) is 0 Å². The molecule has 3 saturated heterocycles. The van der Waals surface area contributed by atoms with Crippen LogP contribution in [0, 0.1) is 17.8 Å². The maximum absolute atomic E-state index is 12.5. The minimum Gasteiger partial charge on any atom is -0.469 e. The van der Waals surface area contributed by atoms with E-state index in [1.165, 1.54) is 16.9 Å². The van der Waals surface area contributed by atoms with Crippen LogP contribution < -0.4 is 10.6 Å². The smallest absolute Gasteiger partial charge is 0.310 e. The quantitative estimate of drug-likeness (QED) is 0.106. The van der Waals surface area contributed by atoms with Crippen molar-refractivity contribution in [2.75, 3.05) is 59.5 Å². The molecule has 0 aliphatic carbocycles. The van der Waals surface area contributed by atoms with Crippen molar-refractivity contribution in [1.29, 1.82) is 0 Å². The van der Waals surface area contributed by atoms with E-state index in [9.17, 15) is 33.6 Å². The summed E-state index contributed by atoms with van der Waals surface area (Å²) in [5.74, 6) is -2.79. The van der Waals surface area contributed by atoms with Gasteiger partial charge in [0, 0.05) is 71.6 Å². The molecule has 0 radical (unpaired) electrons. The third kappa shape index (κ3) is 7.78. The Hall–Kier alpha value is -3.45. The lowest BCUT2D eigenvalue weighted by molar-refractivity contribution is -0.145. The number of methoxy groups -OCH3 is 1. The van der Waals surface area contributed by atoms with Gasteiger partial charge in [0.1, 0.15) is 0 Å². The highest BCUT2D eigenvalue weighted by molar-refractivity contribution is 6.66. The second-order valence-corrected chi connectivity index (χ2v) is 9.99. The predicted octanol–water partition coefficient (Wildman–Crippen LogP) is -2.63. The van der Waals surface area contributed by atoms with Crippen LogP contribution in [0.5, 0.6) is 0 Å². The van der Waals surface area contributed by atoms with Gasteiger partial charge in [0.15, 0.2) is 0 Å². The highest BCUT2D eigenvalue weighted by Crippen LogP contribution is 2.20. The zero-order chi connectivity index (χ0) is 27.7. The van der Waals surface area contributed by atoms with Crippen molar-refractivity contribution >= 4 is 49.0 Å². The highest BCUT2D eigenvalue weighted by Gasteiger charge is 2.37. The fraction of sp³-hybridized carbons (Fsp3) is 0.708. The molecule has 208 valence electrons. The number of ether oxygens (including phenoxy) is 1. The summed E-state index contributed by atoms with van der Waals surface area (Å²) in [7, 11) is 1.74. The van der Waals surface area contributed by atoms with Crippen molar-refractivity contribution < 1.29 is 38.3 Å². The number of carbonyl (C=O) groups is 7. The molecule has 0 aromatic heterocycles. The third-order valence-corrected chi connectivity index (χ3v) is 7.28. The Morgan fingerprint density at radius 2 is 1.26 bits per heavy atom. The molecule has 14 heteroatoms. The fourth-order valence-electron chi connectivity index (χ4n) is 5.09. The average molecular weight is 533 g/mol. The van der Waals surface area contributed by atoms with E-state index in [2.05, 4.69) is 15.4 Å². The largest absolute Gasteiger partial charge is 0.469 e. The molecule has 3 heterocycles. The van der Waals surface area contributed by atoms with Gasteiger partial charge >= 0.3 is 5.97 Å². The minimum atomic E-state index is -0.518. The molecule has 0 aromatic rings. The van der Waals surface area contributed by atoms with Gasteiger partial charge in [-0.05, 0) is 6.42 Å². The Labute approximate surface area is 222 Å². The van der Waals surface area contributed by atoms with Crippen molar-refractivity contribution in [2.24, 2.45) is 17.8 Å². The van der Waals surface area contributed by atoms with Gasteiger partial charge in [0.25, 0.3) is 0 Å². The van der Waals surface area contributed by atoms with Crippen molar-refractivity contribution in [2.45, 2.75) is 32.0 Å². The second-order valence-electron chi connectivity index (χ2n) is 9.99. The topological polar surface area (TPSA) is 162 Å². The summed E-state index contributed by atoms with van der Waals surface area (Å²) in [4.78, 5) is 88.4. The lowest BCUT2D eigenvalue weighted by atomic mass is 9.76. The zero-order valence-corrected chi connectivity index (χ0v) is 21.8. The number of likely N-dealkylation sites (tertiary alicyclic amines) is 3. The van der Waals surface area contributed by atoms with E-state index in [1.54, 1.807) is 4.90 Å². The standard InChI is InChI=1S/C24H36BN5O8/c1-38-24(37)18-11-21(34)30(14-18)8-5-27-23(36)17-10-20(33)29(13-17)7-4-26-22(35)16-9-19(32)28(12-16)6-2-3-25-15-31/h15-18,25H,2-14H2,1H3,(H,26,35)(H,27,36). The normalized spacial score (nSPS) is 23.1. The van der Waals surface area contributed by atoms with Crippen molar-refractivity contribution in [1.82, 2.24) is 25.3 Å². The molecule has 0 saturated carbocycles. The molecule has 0 aromatic carbocycles. The van der Waals surface area contributed by atoms with E-state index < -0.39 is 23.7 Å². The van der Waals surface area contributed by atoms with Crippen molar-refractivity contribution in [3.05, 3.63) is 0 Å². The highest BCUT2D eigenvalue weighted by atomic mass is 16.5. The molecule has 0 spiro atoms. The summed E-state index contributed by atoms with van der Waals surface area (Å²) in [5, 5.41) is 5.55. The Kier molecular flexibility index (Phi) is 10.7. The number of hydrogen-bond acceptors (Lipinski definition) is 8. The second kappa shape index (κ2) is 13.9. The van der Waals surface area contributed by atoms with Gasteiger partial charge in [-0.1, -0.05) is 6.32 Å². The molecule has 38 heavy (non-hydrogen) atoms. The minimum absolute atomic E-state index is 0.0720. The molecule has 3 aliphatic rings. The molecule has 3 unspecified atom stereocenters. The van der Waals surface area contributed by atoms with Gasteiger partial charge in [-0.25, -0.2) is 0 Å². The number of esters is 1. The van der Waals surface area contributed by atoms with Crippen LogP contribution in [-0.2, 0) is 38.3 Å². The van der Waals surface area contributed by atoms with Gasteiger partial charge in [-0.3, -0.25) is 28.8 Å². The van der Waals surface area contributed by atoms with Crippen LogP contribution in [0.3, 0.4) is 0 Å². The maximum Gasteiger partial charge on any atom is 0.310 e. The molecule has 2 N–H and O–H groups in total. The van der Waals surface area contributed by atoms with Gasteiger partial charge in [-0.15, -0.1) is 0 Å². The van der Waals surface area contributed by atoms with Crippen molar-refractivity contribution in [3.8, 4) is 0 Å². The Bertz CT molecular complexity index is 947. The van der Waals surface area contributed by atoms with Crippen LogP contribution in [0.1, 0.15) is 25.7 Å². The summed E-state index contributed by atoms with van der Waals surface area (Å²) in [5.41, 5.74) is 0. The van der Waals surface area contributed by atoms with Crippen LogP contribution in [0.2, 0.25) is 6.32 Å². The Balaban J connectivity index is 1.32. The van der Waals surface area contributed by atoms with Gasteiger partial charge in [0.05, 0.1) is 31.0 Å². The van der Waals surface area contributed by atoms with Gasteiger partial charge in [-0.2, -0.15) is 0 Å². The van der Waals surface area contributed by atoms with Crippen LogP contribution in [0.4, 0.5) is 0 Å². The molecule has 3 aliphatic heterocycles. The monoisotopic (exact) mass is 533 g/mol. The van der Waals surface area contributed by atoms with E-state index in [1.807, 2.05) is 0 Å². The third-order valence-electron chi connectivity index (χ3n) is 7.28. The van der Waals surface area contributed by atoms with Crippen LogP contribution in [-0.4, -0.2) is 123 Å². The summed E-state index contributed by atoms with van der Waals surface area (Å²) < 4.78 is 4.68. The molecular weight excluding hydrogens is 497 g/mol. The summed E-state index contributed by atoms with van der Waals surface area (Å²) in [6.07, 6.45) is 2.60. The maximum atomic E-state index is 12.5. The van der Waals surface area contributed by atoms with Crippen LogP contribution in [0.25, 0.3) is 0 Å². The first-order chi connectivity index (χ1) is 18.2. The number of nitrogens with one attached hydrogen (secondary N) is 2. The molecule has 3 rings (SSSR count). The van der Waals surface area contributed by atoms with Crippen LogP contribution in [0.15, 0.2) is 0 Å². The Morgan fingerprint density at radius 3 is 1.74 bits per heavy atom. The number of rotatable bonds is 14. The lowest BCUT2D eigenvalue weighted by Crippen LogP contribution is -2.40. The molecule has 3 fully saturated rings. The average Bonchev–Trinajstić information content (AvgIpc) is 3.58. The first-order valence-electron chi connectivity index (χ1n) is 13.1. The van der Waals surface area contributed by atoms with Gasteiger partial charge < -0.3 is 34.9 Å². The molecule has 0 bridgehead atoms. The van der Waals surface area contributed by atoms with Crippen molar-refractivity contribution in [3.63, 3.8) is 0 Å². The number of nitrogens with zero attached hydrogens (tertiary/aromatic N) is 3. The molecule has 13 nitrogen and oxygen atoms in total. The number of hydrogen-bond donors (Lipinski definition) is 2.